The van der Waals surface area contributed by atoms with E-state index in [2.05, 4.69) is 4.98 Å². The molecular weight excluding hydrogens is 229 g/mol. The van der Waals surface area contributed by atoms with E-state index >= 15 is 0 Å². The minimum Gasteiger partial charge on any atom is -0.296 e. The Morgan fingerprint density at radius 3 is 2.75 bits per heavy atom. The average Bonchev–Trinajstić information content (AvgIpc) is 2.30. The fraction of sp³-hybridized carbons (Fsp3) is 0. The maximum atomic E-state index is 13.0. The van der Waals surface area contributed by atoms with Crippen molar-refractivity contribution in [3.63, 3.8) is 0 Å². The Kier molecular flexibility index (Phi) is 2.97. The first-order chi connectivity index (χ1) is 7.70. The first kappa shape index (κ1) is 10.8. The van der Waals surface area contributed by atoms with Crippen LogP contribution in [0.3, 0.4) is 0 Å². The lowest BCUT2D eigenvalue weighted by molar-refractivity contribution is 0.111. The summed E-state index contributed by atoms with van der Waals surface area (Å²) in [5.41, 5.74) is 1.23. The Labute approximate surface area is 96.7 Å². The lowest BCUT2D eigenvalue weighted by Gasteiger charge is -2.04. The van der Waals surface area contributed by atoms with Crippen molar-refractivity contribution in [3.8, 4) is 11.3 Å². The third-order valence-electron chi connectivity index (χ3n) is 2.09. The van der Waals surface area contributed by atoms with E-state index in [4.69, 9.17) is 11.6 Å². The zero-order valence-corrected chi connectivity index (χ0v) is 8.91. The molecule has 0 saturated carbocycles. The Hall–Kier alpha value is -1.74. The van der Waals surface area contributed by atoms with Gasteiger partial charge in [-0.15, -0.1) is 0 Å². The molecule has 2 aromatic rings. The Bertz CT molecular complexity index is 542. The van der Waals surface area contributed by atoms with Crippen molar-refractivity contribution >= 4 is 17.9 Å². The highest BCUT2D eigenvalue weighted by Gasteiger charge is 2.07. The van der Waals surface area contributed by atoms with Crippen molar-refractivity contribution in [2.75, 3.05) is 0 Å². The standard InChI is InChI=1S/C12H7ClFNO/c13-11-5-4-10(7-16)15-12(11)8-2-1-3-9(14)6-8/h1-7H. The highest BCUT2D eigenvalue weighted by Crippen LogP contribution is 2.26. The van der Waals surface area contributed by atoms with E-state index in [9.17, 15) is 9.18 Å². The van der Waals surface area contributed by atoms with E-state index in [0.29, 0.717) is 22.6 Å². The van der Waals surface area contributed by atoms with Gasteiger partial charge in [-0.25, -0.2) is 9.37 Å². The summed E-state index contributed by atoms with van der Waals surface area (Å²) in [6.45, 7) is 0. The topological polar surface area (TPSA) is 30.0 Å². The Morgan fingerprint density at radius 2 is 2.06 bits per heavy atom. The number of halogens is 2. The predicted molar refractivity (Wildman–Crippen MR) is 60.0 cm³/mol. The van der Waals surface area contributed by atoms with Gasteiger partial charge in [0.15, 0.2) is 6.29 Å². The normalized spacial score (nSPS) is 10.1. The van der Waals surface area contributed by atoms with Crippen LogP contribution in [-0.2, 0) is 0 Å². The molecule has 16 heavy (non-hydrogen) atoms. The van der Waals surface area contributed by atoms with Crippen LogP contribution in [0.5, 0.6) is 0 Å². The van der Waals surface area contributed by atoms with Gasteiger partial charge in [0, 0.05) is 5.56 Å². The van der Waals surface area contributed by atoms with Crippen LogP contribution in [0.25, 0.3) is 11.3 Å². The van der Waals surface area contributed by atoms with E-state index in [0.717, 1.165) is 0 Å². The predicted octanol–water partition coefficient (Wildman–Crippen LogP) is 3.35. The zero-order valence-electron chi connectivity index (χ0n) is 8.15. The summed E-state index contributed by atoms with van der Waals surface area (Å²) >= 11 is 5.94. The Morgan fingerprint density at radius 1 is 1.25 bits per heavy atom. The number of carbonyl (C=O) groups is 1. The van der Waals surface area contributed by atoms with Crippen LogP contribution in [0.2, 0.25) is 5.02 Å². The Balaban J connectivity index is 2.58. The van der Waals surface area contributed by atoms with E-state index in [-0.39, 0.29) is 11.5 Å². The number of pyridine rings is 1. The summed E-state index contributed by atoms with van der Waals surface area (Å²) < 4.78 is 13.0. The van der Waals surface area contributed by atoms with Crippen molar-refractivity contribution in [2.45, 2.75) is 0 Å². The molecule has 80 valence electrons. The minimum atomic E-state index is -0.369. The van der Waals surface area contributed by atoms with Crippen molar-refractivity contribution in [3.05, 3.63) is 52.9 Å². The molecule has 2 nitrogen and oxygen atoms in total. The summed E-state index contributed by atoms with van der Waals surface area (Å²) in [7, 11) is 0. The van der Waals surface area contributed by atoms with Crippen molar-refractivity contribution in [1.82, 2.24) is 4.98 Å². The van der Waals surface area contributed by atoms with Crippen LogP contribution in [0.15, 0.2) is 36.4 Å². The molecular formula is C12H7ClFNO. The molecule has 1 aromatic carbocycles. The van der Waals surface area contributed by atoms with Crippen LogP contribution in [-0.4, -0.2) is 11.3 Å². The maximum absolute atomic E-state index is 13.0. The smallest absolute Gasteiger partial charge is 0.168 e. The lowest BCUT2D eigenvalue weighted by atomic mass is 10.1. The number of aldehydes is 1. The number of carbonyl (C=O) groups excluding carboxylic acids is 1. The molecule has 0 aliphatic rings. The van der Waals surface area contributed by atoms with Gasteiger partial charge < -0.3 is 0 Å². The molecule has 0 bridgehead atoms. The van der Waals surface area contributed by atoms with Gasteiger partial charge in [0.05, 0.1) is 10.7 Å². The second-order valence-electron chi connectivity index (χ2n) is 3.19. The van der Waals surface area contributed by atoms with E-state index in [1.54, 1.807) is 18.2 Å². The van der Waals surface area contributed by atoms with Crippen LogP contribution < -0.4 is 0 Å². The van der Waals surface area contributed by atoms with Gasteiger partial charge in [-0.05, 0) is 24.3 Å². The SMILES string of the molecule is O=Cc1ccc(Cl)c(-c2cccc(F)c2)n1. The van der Waals surface area contributed by atoms with Crippen molar-refractivity contribution in [2.24, 2.45) is 0 Å². The van der Waals surface area contributed by atoms with Gasteiger partial charge in [-0.2, -0.15) is 0 Å². The third kappa shape index (κ3) is 2.09. The van der Waals surface area contributed by atoms with Gasteiger partial charge in [0.25, 0.3) is 0 Å². The number of hydrogen-bond donors (Lipinski definition) is 0. The summed E-state index contributed by atoms with van der Waals surface area (Å²) in [6, 6.07) is 8.99. The fourth-order valence-electron chi connectivity index (χ4n) is 1.36. The largest absolute Gasteiger partial charge is 0.296 e. The molecule has 0 saturated heterocycles. The molecule has 0 amide bonds. The zero-order chi connectivity index (χ0) is 11.5. The van der Waals surface area contributed by atoms with Gasteiger partial charge in [-0.1, -0.05) is 23.7 Å². The molecule has 4 heteroatoms. The van der Waals surface area contributed by atoms with E-state index < -0.39 is 0 Å². The molecule has 0 N–H and O–H groups in total. The fourth-order valence-corrected chi connectivity index (χ4v) is 1.58. The monoisotopic (exact) mass is 235 g/mol. The molecule has 0 atom stereocenters. The summed E-state index contributed by atoms with van der Waals surface area (Å²) in [4.78, 5) is 14.6. The third-order valence-corrected chi connectivity index (χ3v) is 2.39. The van der Waals surface area contributed by atoms with Crippen molar-refractivity contribution < 1.29 is 9.18 Å². The van der Waals surface area contributed by atoms with E-state index in [1.165, 1.54) is 18.2 Å². The molecule has 0 unspecified atom stereocenters. The molecule has 2 rings (SSSR count). The lowest BCUT2D eigenvalue weighted by Crippen LogP contribution is -1.91. The number of benzene rings is 1. The van der Waals surface area contributed by atoms with Crippen molar-refractivity contribution in [1.29, 1.82) is 0 Å². The van der Waals surface area contributed by atoms with Crippen LogP contribution in [0.1, 0.15) is 10.5 Å². The molecule has 0 aliphatic heterocycles. The summed E-state index contributed by atoms with van der Waals surface area (Å²) in [5.74, 6) is -0.369. The molecule has 0 aliphatic carbocycles. The molecule has 0 radical (unpaired) electrons. The number of hydrogen-bond acceptors (Lipinski definition) is 2. The average molecular weight is 236 g/mol. The number of rotatable bonds is 2. The molecule has 0 fully saturated rings. The number of aromatic nitrogens is 1. The number of nitrogens with zero attached hydrogens (tertiary/aromatic N) is 1. The van der Waals surface area contributed by atoms with Crippen LogP contribution >= 0.6 is 11.6 Å². The second kappa shape index (κ2) is 4.41. The van der Waals surface area contributed by atoms with Gasteiger partial charge in [0.1, 0.15) is 11.5 Å². The highest BCUT2D eigenvalue weighted by atomic mass is 35.5. The first-order valence-electron chi connectivity index (χ1n) is 4.58. The molecule has 0 spiro atoms. The molecule has 1 aromatic heterocycles. The van der Waals surface area contributed by atoms with Gasteiger partial charge in [-0.3, -0.25) is 4.79 Å². The van der Waals surface area contributed by atoms with Gasteiger partial charge >= 0.3 is 0 Å². The van der Waals surface area contributed by atoms with Crippen LogP contribution in [0.4, 0.5) is 4.39 Å². The minimum absolute atomic E-state index is 0.267. The first-order valence-corrected chi connectivity index (χ1v) is 4.96. The molecule has 1 heterocycles. The van der Waals surface area contributed by atoms with Gasteiger partial charge in [0.2, 0.25) is 0 Å². The summed E-state index contributed by atoms with van der Waals surface area (Å²) in [6.07, 6.45) is 0.624. The summed E-state index contributed by atoms with van der Waals surface area (Å²) in [5, 5.41) is 0.385. The highest BCUT2D eigenvalue weighted by molar-refractivity contribution is 6.33. The second-order valence-corrected chi connectivity index (χ2v) is 3.60. The van der Waals surface area contributed by atoms with E-state index in [1.807, 2.05) is 0 Å². The van der Waals surface area contributed by atoms with Crippen LogP contribution in [0, 0.1) is 5.82 Å². The maximum Gasteiger partial charge on any atom is 0.168 e. The quantitative estimate of drug-likeness (QED) is 0.747.